The van der Waals surface area contributed by atoms with Crippen LogP contribution in [0.3, 0.4) is 0 Å². The van der Waals surface area contributed by atoms with Crippen LogP contribution in [0, 0.1) is 5.82 Å². The number of rotatable bonds is 1. The van der Waals surface area contributed by atoms with Gasteiger partial charge in [0.2, 0.25) is 0 Å². The molecule has 2 aliphatic rings. The van der Waals surface area contributed by atoms with Crippen LogP contribution in [0.2, 0.25) is 5.02 Å². The summed E-state index contributed by atoms with van der Waals surface area (Å²) in [6, 6.07) is 5.28. The highest BCUT2D eigenvalue weighted by Crippen LogP contribution is 2.34. The molecule has 2 aromatic rings. The summed E-state index contributed by atoms with van der Waals surface area (Å²) < 4.78 is 26.2. The maximum atomic E-state index is 14.9. The van der Waals surface area contributed by atoms with Crippen molar-refractivity contribution >= 4 is 28.2 Å². The van der Waals surface area contributed by atoms with Gasteiger partial charge in [-0.2, -0.15) is 0 Å². The fourth-order valence-electron chi connectivity index (χ4n) is 3.26. The summed E-state index contributed by atoms with van der Waals surface area (Å²) in [6.07, 6.45) is 2.38. The third-order valence-corrected chi connectivity index (χ3v) is 4.76. The van der Waals surface area contributed by atoms with Gasteiger partial charge >= 0.3 is 0 Å². The van der Waals surface area contributed by atoms with E-state index in [2.05, 4.69) is 4.98 Å². The van der Waals surface area contributed by atoms with Crippen LogP contribution in [0.5, 0.6) is 0 Å². The van der Waals surface area contributed by atoms with E-state index in [9.17, 15) is 4.39 Å². The molecule has 1 unspecified atom stereocenters. The molecule has 4 rings (SSSR count). The lowest BCUT2D eigenvalue weighted by Crippen LogP contribution is -2.52. The van der Waals surface area contributed by atoms with Gasteiger partial charge in [0.1, 0.15) is 11.1 Å². The zero-order valence-corrected chi connectivity index (χ0v) is 12.8. The zero-order valence-electron chi connectivity index (χ0n) is 12.0. The normalized spacial score (nSPS) is 25.3. The van der Waals surface area contributed by atoms with Crippen LogP contribution in [-0.4, -0.2) is 43.5 Å². The Balaban J connectivity index is 1.73. The largest absolute Gasteiger partial charge is 0.378 e. The summed E-state index contributed by atoms with van der Waals surface area (Å²) in [5.74, 6) is -0.323. The highest BCUT2D eigenvalue weighted by Gasteiger charge is 2.41. The zero-order chi connectivity index (χ0) is 15.2. The van der Waals surface area contributed by atoms with Gasteiger partial charge in [0, 0.05) is 37.7 Å². The fourth-order valence-corrected chi connectivity index (χ4v) is 3.47. The number of hydrogen-bond acceptors (Lipinski definition) is 4. The Hall–Kier alpha value is -1.43. The molecule has 22 heavy (non-hydrogen) atoms. The molecule has 1 atom stereocenters. The Kier molecular flexibility index (Phi) is 3.44. The Bertz CT molecular complexity index is 719. The molecule has 116 valence electrons. The molecule has 2 fully saturated rings. The number of anilines is 1. The van der Waals surface area contributed by atoms with E-state index < -0.39 is 0 Å². The van der Waals surface area contributed by atoms with Crippen LogP contribution < -0.4 is 4.90 Å². The molecule has 1 spiro atoms. The molecular formula is C16H16ClFN2O2. The van der Waals surface area contributed by atoms with Crippen molar-refractivity contribution in [2.24, 2.45) is 0 Å². The first-order valence-electron chi connectivity index (χ1n) is 7.38. The lowest BCUT2D eigenvalue weighted by molar-refractivity contribution is -0.0580. The van der Waals surface area contributed by atoms with Crippen molar-refractivity contribution < 1.29 is 13.9 Å². The van der Waals surface area contributed by atoms with E-state index in [1.54, 1.807) is 12.1 Å². The van der Waals surface area contributed by atoms with Gasteiger partial charge in [-0.15, -0.1) is 0 Å². The highest BCUT2D eigenvalue weighted by molar-refractivity contribution is 6.35. The molecule has 0 amide bonds. The number of benzene rings is 1. The molecule has 2 aliphatic heterocycles. The minimum atomic E-state index is -0.323. The van der Waals surface area contributed by atoms with E-state index in [-0.39, 0.29) is 11.4 Å². The predicted molar refractivity (Wildman–Crippen MR) is 83.0 cm³/mol. The van der Waals surface area contributed by atoms with Gasteiger partial charge in [-0.1, -0.05) is 11.6 Å². The highest BCUT2D eigenvalue weighted by atomic mass is 35.5. The minimum Gasteiger partial charge on any atom is -0.378 e. The van der Waals surface area contributed by atoms with E-state index in [4.69, 9.17) is 21.1 Å². The maximum absolute atomic E-state index is 14.9. The molecule has 0 saturated carbocycles. The van der Waals surface area contributed by atoms with Crippen LogP contribution in [0.1, 0.15) is 6.42 Å². The predicted octanol–water partition coefficient (Wildman–Crippen LogP) is 3.02. The van der Waals surface area contributed by atoms with Crippen molar-refractivity contribution in [2.45, 2.75) is 12.0 Å². The first-order valence-corrected chi connectivity index (χ1v) is 7.76. The number of nitrogens with zero attached hydrogens (tertiary/aromatic N) is 2. The molecular weight excluding hydrogens is 307 g/mol. The molecule has 0 radical (unpaired) electrons. The maximum Gasteiger partial charge on any atom is 0.172 e. The molecule has 6 heteroatoms. The van der Waals surface area contributed by atoms with Gasteiger partial charge < -0.3 is 14.4 Å². The van der Waals surface area contributed by atoms with Gasteiger partial charge in [0.05, 0.1) is 23.9 Å². The first-order chi connectivity index (χ1) is 10.7. The first kappa shape index (κ1) is 14.2. The summed E-state index contributed by atoms with van der Waals surface area (Å²) in [7, 11) is 0. The molecule has 1 aromatic heterocycles. The van der Waals surface area contributed by atoms with E-state index in [1.807, 2.05) is 11.0 Å². The lowest BCUT2D eigenvalue weighted by Gasteiger charge is -2.40. The second-order valence-corrected chi connectivity index (χ2v) is 6.25. The van der Waals surface area contributed by atoms with Crippen molar-refractivity contribution in [3.05, 3.63) is 35.2 Å². The minimum absolute atomic E-state index is 0.304. The number of hydrogen-bond donors (Lipinski definition) is 0. The third-order valence-electron chi connectivity index (χ3n) is 4.43. The fraction of sp³-hybridized carbons (Fsp3) is 0.438. The quantitative estimate of drug-likeness (QED) is 0.808. The Morgan fingerprint density at radius 2 is 2.18 bits per heavy atom. The molecule has 0 aliphatic carbocycles. The van der Waals surface area contributed by atoms with Crippen LogP contribution in [0.15, 0.2) is 24.4 Å². The van der Waals surface area contributed by atoms with E-state index in [1.165, 1.54) is 6.20 Å². The monoisotopic (exact) mass is 322 g/mol. The molecule has 1 aromatic carbocycles. The van der Waals surface area contributed by atoms with E-state index in [0.29, 0.717) is 54.5 Å². The molecule has 4 nitrogen and oxygen atoms in total. The van der Waals surface area contributed by atoms with Crippen molar-refractivity contribution in [3.8, 4) is 0 Å². The van der Waals surface area contributed by atoms with Gasteiger partial charge in [0.25, 0.3) is 0 Å². The summed E-state index contributed by atoms with van der Waals surface area (Å²) in [4.78, 5) is 6.17. The average Bonchev–Trinajstić information content (AvgIpc) is 2.96. The lowest BCUT2D eigenvalue weighted by atomic mass is 10.00. The van der Waals surface area contributed by atoms with Crippen molar-refractivity contribution in [2.75, 3.05) is 37.8 Å². The van der Waals surface area contributed by atoms with Crippen LogP contribution in [-0.2, 0) is 9.47 Å². The summed E-state index contributed by atoms with van der Waals surface area (Å²) in [5.41, 5.74) is 0.562. The Labute approximate surface area is 132 Å². The SMILES string of the molecule is Fc1c(N2CCOC3(CCOC3)C2)ccc2c(Cl)ccnc12. The number of pyridine rings is 1. The second-order valence-electron chi connectivity index (χ2n) is 5.84. The smallest absolute Gasteiger partial charge is 0.172 e. The van der Waals surface area contributed by atoms with Crippen molar-refractivity contribution in [1.82, 2.24) is 4.98 Å². The van der Waals surface area contributed by atoms with E-state index in [0.717, 1.165) is 6.42 Å². The second kappa shape index (κ2) is 5.33. The summed E-state index contributed by atoms with van der Waals surface area (Å²) in [5, 5.41) is 1.15. The van der Waals surface area contributed by atoms with Gasteiger partial charge in [-0.3, -0.25) is 4.98 Å². The van der Waals surface area contributed by atoms with Crippen LogP contribution in [0.4, 0.5) is 10.1 Å². The number of fused-ring (bicyclic) bond motifs is 1. The number of halogens is 2. The standard InChI is InChI=1S/C16H16ClFN2O2/c17-12-3-5-19-15-11(12)1-2-13(14(15)18)20-6-8-22-16(9-20)4-7-21-10-16/h1-3,5H,4,6-10H2. The summed E-state index contributed by atoms with van der Waals surface area (Å²) in [6.45, 7) is 3.14. The van der Waals surface area contributed by atoms with Crippen LogP contribution in [0.25, 0.3) is 10.9 Å². The number of ether oxygens (including phenoxy) is 2. The molecule has 2 saturated heterocycles. The molecule has 3 heterocycles. The molecule has 0 N–H and O–H groups in total. The van der Waals surface area contributed by atoms with Crippen molar-refractivity contribution in [1.29, 1.82) is 0 Å². The Morgan fingerprint density at radius 3 is 3.00 bits per heavy atom. The number of aromatic nitrogens is 1. The topological polar surface area (TPSA) is 34.6 Å². The van der Waals surface area contributed by atoms with Gasteiger partial charge in [0.15, 0.2) is 5.82 Å². The van der Waals surface area contributed by atoms with Gasteiger partial charge in [-0.05, 0) is 18.2 Å². The number of morpholine rings is 1. The van der Waals surface area contributed by atoms with Crippen molar-refractivity contribution in [3.63, 3.8) is 0 Å². The van der Waals surface area contributed by atoms with Gasteiger partial charge in [-0.25, -0.2) is 4.39 Å². The van der Waals surface area contributed by atoms with Crippen LogP contribution >= 0.6 is 11.6 Å². The molecule has 0 bridgehead atoms. The average molecular weight is 323 g/mol. The Morgan fingerprint density at radius 1 is 1.27 bits per heavy atom. The summed E-state index contributed by atoms with van der Waals surface area (Å²) >= 11 is 6.11. The van der Waals surface area contributed by atoms with E-state index >= 15 is 0 Å². The third kappa shape index (κ3) is 2.24.